The Morgan fingerprint density at radius 2 is 2.05 bits per heavy atom. The molecule has 0 N–H and O–H groups in total. The van der Waals surface area contributed by atoms with Gasteiger partial charge in [0.25, 0.3) is 0 Å². The van der Waals surface area contributed by atoms with E-state index in [2.05, 4.69) is 19.9 Å². The van der Waals surface area contributed by atoms with E-state index in [4.69, 9.17) is 0 Å². The van der Waals surface area contributed by atoms with Crippen LogP contribution in [0, 0.1) is 0 Å². The Bertz CT molecular complexity index is 815. The average molecular weight is 316 g/mol. The van der Waals surface area contributed by atoms with Gasteiger partial charge in [0, 0.05) is 44.0 Å². The molecule has 7 nitrogen and oxygen atoms in total. The van der Waals surface area contributed by atoms with Crippen LogP contribution in [-0.4, -0.2) is 50.2 Å². The summed E-state index contributed by atoms with van der Waals surface area (Å²) in [6, 6.07) is 5.57. The van der Waals surface area contributed by atoms with Crippen molar-refractivity contribution < 1.29 is 0 Å². The van der Waals surface area contributed by atoms with Crippen molar-refractivity contribution >= 4 is 22.1 Å². The van der Waals surface area contributed by atoms with Crippen molar-refractivity contribution in [3.05, 3.63) is 46.5 Å². The summed E-state index contributed by atoms with van der Waals surface area (Å²) in [5, 5.41) is 7.45. The van der Waals surface area contributed by atoms with Crippen molar-refractivity contribution in [2.45, 2.75) is 6.67 Å². The average Bonchev–Trinajstić information content (AvgIpc) is 3.18. The molecule has 3 aromatic heterocycles. The first kappa shape index (κ1) is 13.5. The number of hydrogen-bond donors (Lipinski definition) is 0. The number of thiazole rings is 1. The second-order valence-electron chi connectivity index (χ2n) is 5.27. The fourth-order valence-electron chi connectivity index (χ4n) is 2.70. The Hall–Kier alpha value is -2.19. The van der Waals surface area contributed by atoms with Crippen molar-refractivity contribution in [1.29, 1.82) is 0 Å². The highest BCUT2D eigenvalue weighted by Gasteiger charge is 2.19. The van der Waals surface area contributed by atoms with E-state index >= 15 is 0 Å². The van der Waals surface area contributed by atoms with Crippen LogP contribution in [0.4, 0.5) is 5.13 Å². The van der Waals surface area contributed by atoms with E-state index in [0.29, 0.717) is 12.3 Å². The standard InChI is InChI=1S/C14H16N6OS/c21-14-19-5-2-1-3-12(19)16-20(14)11-17-6-8-18(9-7-17)13-15-4-10-22-13/h1-5,10H,6-9,11H2. The first-order valence-electron chi connectivity index (χ1n) is 7.22. The van der Waals surface area contributed by atoms with Crippen molar-refractivity contribution in [1.82, 2.24) is 24.1 Å². The van der Waals surface area contributed by atoms with Gasteiger partial charge in [-0.15, -0.1) is 16.4 Å². The molecule has 1 aliphatic heterocycles. The zero-order chi connectivity index (χ0) is 14.9. The first-order valence-corrected chi connectivity index (χ1v) is 8.10. The van der Waals surface area contributed by atoms with E-state index in [-0.39, 0.29) is 5.69 Å². The summed E-state index contributed by atoms with van der Waals surface area (Å²) in [6.45, 7) is 4.19. The fraction of sp³-hybridized carbons (Fsp3) is 0.357. The number of fused-ring (bicyclic) bond motifs is 1. The van der Waals surface area contributed by atoms with Gasteiger partial charge in [0.1, 0.15) is 0 Å². The molecule has 1 saturated heterocycles. The van der Waals surface area contributed by atoms with Crippen LogP contribution in [0.1, 0.15) is 0 Å². The summed E-state index contributed by atoms with van der Waals surface area (Å²) in [5.41, 5.74) is 0.604. The normalized spacial score (nSPS) is 16.5. The minimum absolute atomic E-state index is 0.0852. The molecule has 0 aromatic carbocycles. The van der Waals surface area contributed by atoms with Crippen LogP contribution in [-0.2, 0) is 6.67 Å². The largest absolute Gasteiger partial charge is 0.351 e. The zero-order valence-electron chi connectivity index (χ0n) is 12.0. The molecule has 0 saturated carbocycles. The molecule has 4 heterocycles. The summed E-state index contributed by atoms with van der Waals surface area (Å²) in [5.74, 6) is 0. The third-order valence-electron chi connectivity index (χ3n) is 3.88. The minimum Gasteiger partial charge on any atom is -0.346 e. The van der Waals surface area contributed by atoms with Crippen LogP contribution in [0.2, 0.25) is 0 Å². The molecule has 0 spiro atoms. The van der Waals surface area contributed by atoms with E-state index in [1.807, 2.05) is 29.8 Å². The topological polar surface area (TPSA) is 58.7 Å². The lowest BCUT2D eigenvalue weighted by Gasteiger charge is -2.34. The Kier molecular flexibility index (Phi) is 3.39. The quantitative estimate of drug-likeness (QED) is 0.713. The highest BCUT2D eigenvalue weighted by molar-refractivity contribution is 7.13. The number of pyridine rings is 1. The molecule has 0 amide bonds. The van der Waals surface area contributed by atoms with E-state index in [1.165, 1.54) is 4.68 Å². The smallest absolute Gasteiger partial charge is 0.346 e. The molecule has 22 heavy (non-hydrogen) atoms. The van der Waals surface area contributed by atoms with Gasteiger partial charge in [-0.1, -0.05) is 6.07 Å². The van der Waals surface area contributed by atoms with E-state index in [1.54, 1.807) is 21.9 Å². The molecule has 8 heteroatoms. The van der Waals surface area contributed by atoms with Crippen LogP contribution in [0.5, 0.6) is 0 Å². The molecule has 0 atom stereocenters. The Labute approximate surface area is 131 Å². The third-order valence-corrected chi connectivity index (χ3v) is 4.72. The predicted octanol–water partition coefficient (Wildman–Crippen LogP) is 0.732. The van der Waals surface area contributed by atoms with Crippen molar-refractivity contribution in [3.8, 4) is 0 Å². The zero-order valence-corrected chi connectivity index (χ0v) is 12.8. The number of piperazine rings is 1. The van der Waals surface area contributed by atoms with Gasteiger partial charge in [0.15, 0.2) is 10.8 Å². The van der Waals surface area contributed by atoms with Crippen LogP contribution >= 0.6 is 11.3 Å². The number of hydrogen-bond acceptors (Lipinski definition) is 6. The van der Waals surface area contributed by atoms with Crippen molar-refractivity contribution in [2.24, 2.45) is 0 Å². The molecule has 0 unspecified atom stereocenters. The van der Waals surface area contributed by atoms with Crippen LogP contribution in [0.25, 0.3) is 5.65 Å². The van der Waals surface area contributed by atoms with Gasteiger partial charge in [-0.2, -0.15) is 4.68 Å². The summed E-state index contributed by atoms with van der Waals surface area (Å²) in [4.78, 5) is 21.2. The predicted molar refractivity (Wildman–Crippen MR) is 85.4 cm³/mol. The maximum absolute atomic E-state index is 12.3. The van der Waals surface area contributed by atoms with Gasteiger partial charge in [-0.3, -0.25) is 9.30 Å². The van der Waals surface area contributed by atoms with Crippen molar-refractivity contribution in [2.75, 3.05) is 31.1 Å². The SMILES string of the molecule is O=c1n(CN2CCN(c3nccs3)CC2)nc2ccccn12. The fourth-order valence-corrected chi connectivity index (χ4v) is 3.40. The number of nitrogens with zero attached hydrogens (tertiary/aromatic N) is 6. The highest BCUT2D eigenvalue weighted by Crippen LogP contribution is 2.18. The lowest BCUT2D eigenvalue weighted by molar-refractivity contribution is 0.193. The van der Waals surface area contributed by atoms with Crippen LogP contribution < -0.4 is 10.6 Å². The number of anilines is 1. The van der Waals surface area contributed by atoms with Gasteiger partial charge in [0.05, 0.1) is 6.67 Å². The van der Waals surface area contributed by atoms with Crippen molar-refractivity contribution in [3.63, 3.8) is 0 Å². The van der Waals surface area contributed by atoms with Crippen LogP contribution in [0.3, 0.4) is 0 Å². The van der Waals surface area contributed by atoms with Gasteiger partial charge >= 0.3 is 5.69 Å². The molecule has 0 radical (unpaired) electrons. The van der Waals surface area contributed by atoms with Crippen LogP contribution in [0.15, 0.2) is 40.8 Å². The number of aromatic nitrogens is 4. The minimum atomic E-state index is -0.0852. The molecule has 0 bridgehead atoms. The Morgan fingerprint density at radius 3 is 2.77 bits per heavy atom. The molecule has 1 fully saturated rings. The second-order valence-corrected chi connectivity index (χ2v) is 6.15. The van der Waals surface area contributed by atoms with E-state index < -0.39 is 0 Å². The monoisotopic (exact) mass is 316 g/mol. The maximum Gasteiger partial charge on any atom is 0.351 e. The maximum atomic E-state index is 12.3. The molecule has 4 rings (SSSR count). The summed E-state index contributed by atoms with van der Waals surface area (Å²) in [6.07, 6.45) is 3.59. The molecule has 1 aliphatic rings. The molecular weight excluding hydrogens is 300 g/mol. The third kappa shape index (κ3) is 2.40. The summed E-state index contributed by atoms with van der Waals surface area (Å²) >= 11 is 1.67. The van der Waals surface area contributed by atoms with E-state index in [9.17, 15) is 4.79 Å². The lowest BCUT2D eigenvalue weighted by Crippen LogP contribution is -2.47. The number of rotatable bonds is 3. The molecule has 114 valence electrons. The second kappa shape index (κ2) is 5.54. The van der Waals surface area contributed by atoms with Gasteiger partial charge in [-0.05, 0) is 12.1 Å². The molecule has 3 aromatic rings. The van der Waals surface area contributed by atoms with Gasteiger partial charge in [0.2, 0.25) is 0 Å². The first-order chi connectivity index (χ1) is 10.8. The summed E-state index contributed by atoms with van der Waals surface area (Å²) in [7, 11) is 0. The van der Waals surface area contributed by atoms with Gasteiger partial charge < -0.3 is 4.90 Å². The summed E-state index contributed by atoms with van der Waals surface area (Å²) < 4.78 is 3.11. The highest BCUT2D eigenvalue weighted by atomic mass is 32.1. The van der Waals surface area contributed by atoms with E-state index in [0.717, 1.165) is 31.3 Å². The lowest BCUT2D eigenvalue weighted by atomic mass is 10.3. The Balaban J connectivity index is 1.46. The molecule has 0 aliphatic carbocycles. The Morgan fingerprint density at radius 1 is 1.18 bits per heavy atom. The van der Waals surface area contributed by atoms with Gasteiger partial charge in [-0.25, -0.2) is 9.78 Å². The molecular formula is C14H16N6OS.